The number of fused-ring (bicyclic) bond motifs is 1. The zero-order valence-corrected chi connectivity index (χ0v) is 18.6. The summed E-state index contributed by atoms with van der Waals surface area (Å²) in [6.45, 7) is 3.79. The molecule has 0 aromatic carbocycles. The number of aryl methyl sites for hydroxylation is 3. The topological polar surface area (TPSA) is 100 Å². The first-order valence-electron chi connectivity index (χ1n) is 10.5. The van der Waals surface area contributed by atoms with Gasteiger partial charge in [-0.25, -0.2) is 9.97 Å². The predicted molar refractivity (Wildman–Crippen MR) is 120 cm³/mol. The minimum absolute atomic E-state index is 0.0838. The summed E-state index contributed by atoms with van der Waals surface area (Å²) in [5, 5.41) is 4.42. The summed E-state index contributed by atoms with van der Waals surface area (Å²) in [6.07, 6.45) is 9.00. The number of aromatic nitrogens is 6. The Morgan fingerprint density at radius 2 is 1.97 bits per heavy atom. The molecule has 0 saturated carbocycles. The molecule has 10 nitrogen and oxygen atoms in total. The summed E-state index contributed by atoms with van der Waals surface area (Å²) in [6, 6.07) is 5.45. The first kappa shape index (κ1) is 20.7. The van der Waals surface area contributed by atoms with E-state index in [1.165, 1.54) is 0 Å². The first-order valence-corrected chi connectivity index (χ1v) is 10.5. The second-order valence-electron chi connectivity index (χ2n) is 7.65. The second-order valence-corrected chi connectivity index (χ2v) is 7.65. The number of methoxy groups -OCH3 is 2. The molecule has 0 spiro atoms. The van der Waals surface area contributed by atoms with Crippen LogP contribution in [0.3, 0.4) is 0 Å². The Morgan fingerprint density at radius 1 is 1.09 bits per heavy atom. The molecule has 4 aromatic heterocycles. The summed E-state index contributed by atoms with van der Waals surface area (Å²) in [5.41, 5.74) is 3.55. The van der Waals surface area contributed by atoms with Crippen LogP contribution in [0.2, 0.25) is 0 Å². The lowest BCUT2D eigenvalue weighted by Crippen LogP contribution is -2.22. The molecule has 168 valence electrons. The number of nitrogens with zero attached hydrogens (tertiary/aromatic N) is 7. The third-order valence-corrected chi connectivity index (χ3v) is 5.71. The molecule has 0 fully saturated rings. The van der Waals surface area contributed by atoms with Gasteiger partial charge in [0.15, 0.2) is 5.75 Å². The summed E-state index contributed by atoms with van der Waals surface area (Å²) in [7, 11) is 3.10. The molecule has 0 saturated heterocycles. The minimum Gasteiger partial charge on any atom is -0.491 e. The maximum Gasteiger partial charge on any atom is 0.260 e. The normalized spacial score (nSPS) is 12.8. The number of amides is 1. The van der Waals surface area contributed by atoms with Crippen LogP contribution in [0.15, 0.2) is 49.2 Å². The van der Waals surface area contributed by atoms with Crippen molar-refractivity contribution in [1.29, 1.82) is 0 Å². The van der Waals surface area contributed by atoms with E-state index in [-0.39, 0.29) is 5.91 Å². The Bertz CT molecular complexity index is 1330. The number of hydrogen-bond acceptors (Lipinski definition) is 7. The summed E-state index contributed by atoms with van der Waals surface area (Å²) in [5.74, 6) is 1.80. The van der Waals surface area contributed by atoms with Gasteiger partial charge in [0.25, 0.3) is 11.8 Å². The molecule has 0 bridgehead atoms. The van der Waals surface area contributed by atoms with E-state index in [0.717, 1.165) is 23.6 Å². The fraction of sp³-hybridized carbons (Fsp3) is 0.261. The molecule has 0 atom stereocenters. The van der Waals surface area contributed by atoms with E-state index in [4.69, 9.17) is 14.5 Å². The monoisotopic (exact) mass is 445 g/mol. The SMILES string of the molecule is COc1cc(-c2ccc3c(n2)CN(c2cnn(CCn4ccnc4C)c2)C3=O)cnc1OC. The van der Waals surface area contributed by atoms with Gasteiger partial charge in [0, 0.05) is 36.9 Å². The Balaban J connectivity index is 1.34. The van der Waals surface area contributed by atoms with Crippen LogP contribution in [-0.2, 0) is 19.6 Å². The molecule has 1 aliphatic rings. The largest absolute Gasteiger partial charge is 0.491 e. The van der Waals surface area contributed by atoms with Gasteiger partial charge in [0.05, 0.1) is 56.1 Å². The predicted octanol–water partition coefficient (Wildman–Crippen LogP) is 2.72. The van der Waals surface area contributed by atoms with Gasteiger partial charge in [-0.1, -0.05) is 0 Å². The number of anilines is 1. The van der Waals surface area contributed by atoms with Gasteiger partial charge in [0.1, 0.15) is 5.82 Å². The number of hydrogen-bond donors (Lipinski definition) is 0. The molecule has 0 aliphatic carbocycles. The Labute approximate surface area is 190 Å². The highest BCUT2D eigenvalue weighted by Crippen LogP contribution is 2.32. The van der Waals surface area contributed by atoms with Crippen LogP contribution in [0.25, 0.3) is 11.3 Å². The third kappa shape index (κ3) is 3.79. The molecule has 0 radical (unpaired) electrons. The van der Waals surface area contributed by atoms with Gasteiger partial charge in [0.2, 0.25) is 0 Å². The molecule has 1 aliphatic heterocycles. The van der Waals surface area contributed by atoms with Crippen LogP contribution in [0.1, 0.15) is 21.9 Å². The van der Waals surface area contributed by atoms with Crippen molar-refractivity contribution in [2.45, 2.75) is 26.6 Å². The highest BCUT2D eigenvalue weighted by atomic mass is 16.5. The van der Waals surface area contributed by atoms with E-state index >= 15 is 0 Å². The average molecular weight is 445 g/mol. The van der Waals surface area contributed by atoms with Crippen LogP contribution < -0.4 is 14.4 Å². The lowest BCUT2D eigenvalue weighted by atomic mass is 10.1. The fourth-order valence-electron chi connectivity index (χ4n) is 3.89. The average Bonchev–Trinajstić information content (AvgIpc) is 3.56. The van der Waals surface area contributed by atoms with E-state index in [1.807, 2.05) is 42.2 Å². The smallest absolute Gasteiger partial charge is 0.260 e. The van der Waals surface area contributed by atoms with E-state index in [9.17, 15) is 4.79 Å². The third-order valence-electron chi connectivity index (χ3n) is 5.71. The van der Waals surface area contributed by atoms with Crippen LogP contribution >= 0.6 is 0 Å². The van der Waals surface area contributed by atoms with Crippen molar-refractivity contribution in [3.05, 3.63) is 66.3 Å². The fourth-order valence-corrected chi connectivity index (χ4v) is 3.89. The molecular formula is C23H23N7O3. The summed E-state index contributed by atoms with van der Waals surface area (Å²) >= 11 is 0. The first-order chi connectivity index (χ1) is 16.1. The van der Waals surface area contributed by atoms with E-state index in [0.29, 0.717) is 41.7 Å². The van der Waals surface area contributed by atoms with Gasteiger partial charge in [-0.2, -0.15) is 5.10 Å². The lowest BCUT2D eigenvalue weighted by molar-refractivity contribution is 0.0996. The van der Waals surface area contributed by atoms with Crippen LogP contribution in [0, 0.1) is 6.92 Å². The summed E-state index contributed by atoms with van der Waals surface area (Å²) < 4.78 is 14.4. The number of carbonyl (C=O) groups is 1. The molecule has 33 heavy (non-hydrogen) atoms. The van der Waals surface area contributed by atoms with Crippen molar-refractivity contribution in [3.8, 4) is 22.9 Å². The zero-order chi connectivity index (χ0) is 22.9. The Morgan fingerprint density at radius 3 is 2.73 bits per heavy atom. The van der Waals surface area contributed by atoms with Crippen molar-refractivity contribution in [3.63, 3.8) is 0 Å². The van der Waals surface area contributed by atoms with Crippen molar-refractivity contribution in [2.24, 2.45) is 0 Å². The van der Waals surface area contributed by atoms with Crippen molar-refractivity contribution in [2.75, 3.05) is 19.1 Å². The van der Waals surface area contributed by atoms with Gasteiger partial charge in [-0.3, -0.25) is 19.4 Å². The number of rotatable bonds is 7. The molecule has 5 heterocycles. The Hall–Kier alpha value is -4.21. The molecule has 5 rings (SSSR count). The van der Waals surface area contributed by atoms with Crippen molar-refractivity contribution in [1.82, 2.24) is 29.3 Å². The van der Waals surface area contributed by atoms with Crippen molar-refractivity contribution < 1.29 is 14.3 Å². The van der Waals surface area contributed by atoms with Crippen molar-refractivity contribution >= 4 is 11.6 Å². The summed E-state index contributed by atoms with van der Waals surface area (Å²) in [4.78, 5) is 28.0. The highest BCUT2D eigenvalue weighted by Gasteiger charge is 2.31. The molecule has 10 heteroatoms. The van der Waals surface area contributed by atoms with Crippen LogP contribution in [-0.4, -0.2) is 49.4 Å². The number of carbonyl (C=O) groups excluding carboxylic acids is 1. The molecular weight excluding hydrogens is 422 g/mol. The lowest BCUT2D eigenvalue weighted by Gasteiger charge is -2.12. The van der Waals surface area contributed by atoms with Gasteiger partial charge in [-0.15, -0.1) is 0 Å². The number of pyridine rings is 2. The molecule has 4 aromatic rings. The highest BCUT2D eigenvalue weighted by molar-refractivity contribution is 6.09. The van der Waals surface area contributed by atoms with Gasteiger partial charge in [-0.05, 0) is 25.1 Å². The van der Waals surface area contributed by atoms with E-state index in [2.05, 4.69) is 19.6 Å². The van der Waals surface area contributed by atoms with Gasteiger partial charge < -0.3 is 14.0 Å². The minimum atomic E-state index is -0.0838. The molecule has 0 N–H and O–H groups in total. The number of ether oxygens (including phenoxy) is 2. The standard InChI is InChI=1S/C23H23N7O3/c1-15-24-6-7-28(15)8-9-29-13-17(12-26-29)30-14-20-18(23(30)31)4-5-19(27-20)16-10-21(32-2)22(33-3)25-11-16/h4-7,10-13H,8-9,14H2,1-3H3. The second kappa shape index (κ2) is 8.38. The molecule has 1 amide bonds. The van der Waals surface area contributed by atoms with Crippen LogP contribution in [0.4, 0.5) is 5.69 Å². The number of imidazole rings is 1. The molecule has 0 unspecified atom stereocenters. The zero-order valence-electron chi connectivity index (χ0n) is 18.6. The van der Waals surface area contributed by atoms with Gasteiger partial charge >= 0.3 is 0 Å². The van der Waals surface area contributed by atoms with E-state index in [1.54, 1.807) is 37.7 Å². The maximum absolute atomic E-state index is 13.0. The maximum atomic E-state index is 13.0. The Kier molecular flexibility index (Phi) is 5.25. The van der Waals surface area contributed by atoms with Crippen LogP contribution in [0.5, 0.6) is 11.6 Å². The quantitative estimate of drug-likeness (QED) is 0.431. The van der Waals surface area contributed by atoms with E-state index < -0.39 is 0 Å².